The van der Waals surface area contributed by atoms with E-state index in [1.807, 2.05) is 10.6 Å². The van der Waals surface area contributed by atoms with Gasteiger partial charge in [-0.15, -0.1) is 0 Å². The lowest BCUT2D eigenvalue weighted by molar-refractivity contribution is 0.278. The number of likely N-dealkylation sites (N-methyl/N-ethyl adjacent to an activating group) is 1. The fourth-order valence-electron chi connectivity index (χ4n) is 3.64. The number of hydrogen-bond acceptors (Lipinski definition) is 4. The lowest BCUT2D eigenvalue weighted by Gasteiger charge is -2.28. The van der Waals surface area contributed by atoms with E-state index in [-0.39, 0.29) is 6.04 Å². The fourth-order valence-corrected chi connectivity index (χ4v) is 3.64. The van der Waals surface area contributed by atoms with Crippen molar-refractivity contribution in [2.45, 2.75) is 31.8 Å². The maximum atomic E-state index is 4.64. The van der Waals surface area contributed by atoms with Gasteiger partial charge < -0.3 is 10.2 Å². The molecule has 1 aromatic carbocycles. The van der Waals surface area contributed by atoms with Crippen LogP contribution in [0.2, 0.25) is 0 Å². The van der Waals surface area contributed by atoms with Crippen molar-refractivity contribution in [1.29, 1.82) is 0 Å². The summed E-state index contributed by atoms with van der Waals surface area (Å²) in [6.07, 6.45) is 3.78. The molecule has 1 aliphatic carbocycles. The Labute approximate surface area is 142 Å². The van der Waals surface area contributed by atoms with E-state index in [4.69, 9.17) is 0 Å². The van der Waals surface area contributed by atoms with E-state index in [1.54, 1.807) is 6.20 Å². The topological polar surface area (TPSA) is 45.5 Å². The highest BCUT2D eigenvalue weighted by Gasteiger charge is 2.34. The SMILES string of the molecule is CCc1cc(N[C@@H]2c3ccccc3C[C@H]2N(C)C)n2nccc2n1. The highest BCUT2D eigenvalue weighted by Crippen LogP contribution is 2.36. The minimum atomic E-state index is 0.246. The summed E-state index contributed by atoms with van der Waals surface area (Å²) in [5.41, 5.74) is 4.78. The van der Waals surface area contributed by atoms with Crippen LogP contribution in [0.1, 0.15) is 29.8 Å². The van der Waals surface area contributed by atoms with Crippen molar-refractivity contribution in [2.24, 2.45) is 0 Å². The van der Waals surface area contributed by atoms with Crippen molar-refractivity contribution < 1.29 is 0 Å². The predicted octanol–water partition coefficient (Wildman–Crippen LogP) is 2.93. The summed E-state index contributed by atoms with van der Waals surface area (Å²) in [6, 6.07) is 13.5. The van der Waals surface area contributed by atoms with E-state index in [2.05, 4.69) is 71.7 Å². The van der Waals surface area contributed by atoms with Crippen LogP contribution in [0, 0.1) is 0 Å². The van der Waals surface area contributed by atoms with Crippen LogP contribution in [-0.4, -0.2) is 39.6 Å². The third kappa shape index (κ3) is 2.45. The van der Waals surface area contributed by atoms with Crippen LogP contribution in [0.4, 0.5) is 5.82 Å². The van der Waals surface area contributed by atoms with Gasteiger partial charge in [0.25, 0.3) is 0 Å². The molecular formula is C19H23N5. The highest BCUT2D eigenvalue weighted by molar-refractivity contribution is 5.52. The molecular weight excluding hydrogens is 298 g/mol. The van der Waals surface area contributed by atoms with E-state index in [0.29, 0.717) is 6.04 Å². The molecule has 124 valence electrons. The van der Waals surface area contributed by atoms with Gasteiger partial charge in [-0.1, -0.05) is 31.2 Å². The molecule has 0 amide bonds. The van der Waals surface area contributed by atoms with Crippen molar-refractivity contribution in [3.05, 3.63) is 59.4 Å². The van der Waals surface area contributed by atoms with Crippen LogP contribution >= 0.6 is 0 Å². The quantitative estimate of drug-likeness (QED) is 0.802. The van der Waals surface area contributed by atoms with Crippen LogP contribution in [0.3, 0.4) is 0 Å². The summed E-state index contributed by atoms with van der Waals surface area (Å²) in [4.78, 5) is 6.94. The van der Waals surface area contributed by atoms with Crippen LogP contribution in [-0.2, 0) is 12.8 Å². The molecule has 0 unspecified atom stereocenters. The molecule has 0 saturated heterocycles. The number of fused-ring (bicyclic) bond motifs is 2. The zero-order valence-corrected chi connectivity index (χ0v) is 14.4. The first-order valence-corrected chi connectivity index (χ1v) is 8.52. The van der Waals surface area contributed by atoms with E-state index in [9.17, 15) is 0 Å². The van der Waals surface area contributed by atoms with Gasteiger partial charge in [0.15, 0.2) is 5.65 Å². The molecule has 2 aromatic heterocycles. The largest absolute Gasteiger partial charge is 0.361 e. The number of hydrogen-bond donors (Lipinski definition) is 1. The smallest absolute Gasteiger partial charge is 0.157 e. The van der Waals surface area contributed by atoms with Crippen molar-refractivity contribution in [3.8, 4) is 0 Å². The molecule has 0 radical (unpaired) electrons. The van der Waals surface area contributed by atoms with Crippen molar-refractivity contribution in [1.82, 2.24) is 19.5 Å². The summed E-state index contributed by atoms with van der Waals surface area (Å²) in [7, 11) is 4.30. The maximum Gasteiger partial charge on any atom is 0.157 e. The number of nitrogens with zero attached hydrogens (tertiary/aromatic N) is 4. The number of aryl methyl sites for hydroxylation is 1. The molecule has 2 heterocycles. The summed E-state index contributed by atoms with van der Waals surface area (Å²) >= 11 is 0. The number of benzene rings is 1. The Kier molecular flexibility index (Phi) is 3.73. The van der Waals surface area contributed by atoms with Gasteiger partial charge in [0, 0.05) is 23.9 Å². The third-order valence-electron chi connectivity index (χ3n) is 4.95. The minimum absolute atomic E-state index is 0.246. The molecule has 5 nitrogen and oxygen atoms in total. The monoisotopic (exact) mass is 321 g/mol. The zero-order chi connectivity index (χ0) is 16.7. The Morgan fingerprint density at radius 1 is 1.25 bits per heavy atom. The van der Waals surface area contributed by atoms with Gasteiger partial charge in [0.2, 0.25) is 0 Å². The van der Waals surface area contributed by atoms with Gasteiger partial charge >= 0.3 is 0 Å². The van der Waals surface area contributed by atoms with Gasteiger partial charge in [-0.05, 0) is 38.1 Å². The first kappa shape index (κ1) is 15.1. The second kappa shape index (κ2) is 5.91. The Morgan fingerprint density at radius 3 is 2.88 bits per heavy atom. The Morgan fingerprint density at radius 2 is 2.08 bits per heavy atom. The van der Waals surface area contributed by atoms with Crippen LogP contribution in [0.5, 0.6) is 0 Å². The lowest BCUT2D eigenvalue weighted by Crippen LogP contribution is -2.35. The number of anilines is 1. The van der Waals surface area contributed by atoms with Crippen LogP contribution in [0.15, 0.2) is 42.6 Å². The minimum Gasteiger partial charge on any atom is -0.361 e. The molecule has 0 saturated carbocycles. The normalized spacial score (nSPS) is 19.8. The van der Waals surface area contributed by atoms with Crippen molar-refractivity contribution >= 4 is 11.5 Å². The molecule has 0 fully saturated rings. The second-order valence-electron chi connectivity index (χ2n) is 6.64. The molecule has 1 N–H and O–H groups in total. The average molecular weight is 321 g/mol. The molecule has 3 aromatic rings. The maximum absolute atomic E-state index is 4.64. The summed E-state index contributed by atoms with van der Waals surface area (Å²) < 4.78 is 1.90. The van der Waals surface area contributed by atoms with Gasteiger partial charge in [-0.3, -0.25) is 0 Å². The standard InChI is InChI=1S/C19H23N5/c1-4-14-12-18(24-17(21-14)9-10-20-24)22-19-15-8-6-5-7-13(15)11-16(19)23(2)3/h5-10,12,16,19,22H,4,11H2,1-3H3/t16-,19-/m1/s1. The summed E-state index contributed by atoms with van der Waals surface area (Å²) in [5.74, 6) is 1.01. The van der Waals surface area contributed by atoms with Gasteiger partial charge in [-0.25, -0.2) is 4.98 Å². The molecule has 0 bridgehead atoms. The number of rotatable bonds is 4. The summed E-state index contributed by atoms with van der Waals surface area (Å²) in [6.45, 7) is 2.13. The van der Waals surface area contributed by atoms with Gasteiger partial charge in [-0.2, -0.15) is 9.61 Å². The van der Waals surface area contributed by atoms with E-state index >= 15 is 0 Å². The Bertz CT molecular complexity index is 867. The molecule has 1 aliphatic rings. The van der Waals surface area contributed by atoms with Gasteiger partial charge in [0.05, 0.1) is 12.2 Å². The predicted molar refractivity (Wildman–Crippen MR) is 96.3 cm³/mol. The molecule has 5 heteroatoms. The molecule has 0 aliphatic heterocycles. The van der Waals surface area contributed by atoms with E-state index in [1.165, 1.54) is 11.1 Å². The van der Waals surface area contributed by atoms with Crippen LogP contribution in [0.25, 0.3) is 5.65 Å². The lowest BCUT2D eigenvalue weighted by atomic mass is 10.1. The van der Waals surface area contributed by atoms with Crippen molar-refractivity contribution in [2.75, 3.05) is 19.4 Å². The Balaban J connectivity index is 1.77. The van der Waals surface area contributed by atoms with Crippen molar-refractivity contribution in [3.63, 3.8) is 0 Å². The zero-order valence-electron chi connectivity index (χ0n) is 14.4. The second-order valence-corrected chi connectivity index (χ2v) is 6.64. The van der Waals surface area contributed by atoms with Gasteiger partial charge in [0.1, 0.15) is 5.82 Å². The first-order valence-electron chi connectivity index (χ1n) is 8.52. The molecule has 4 rings (SSSR count). The number of aromatic nitrogens is 3. The summed E-state index contributed by atoms with van der Waals surface area (Å²) in [5, 5.41) is 8.19. The van der Waals surface area contributed by atoms with E-state index < -0.39 is 0 Å². The fraction of sp³-hybridized carbons (Fsp3) is 0.368. The molecule has 0 spiro atoms. The molecule has 2 atom stereocenters. The average Bonchev–Trinajstić information content (AvgIpc) is 3.19. The Hall–Kier alpha value is -2.40. The van der Waals surface area contributed by atoms with Crippen LogP contribution < -0.4 is 5.32 Å². The highest BCUT2D eigenvalue weighted by atomic mass is 15.3. The first-order chi connectivity index (χ1) is 11.7. The van der Waals surface area contributed by atoms with E-state index in [0.717, 1.165) is 30.0 Å². The number of nitrogens with one attached hydrogen (secondary N) is 1. The molecule has 24 heavy (non-hydrogen) atoms. The third-order valence-corrected chi connectivity index (χ3v) is 4.95.